The Kier molecular flexibility index (Phi) is 4.78. The van der Waals surface area contributed by atoms with E-state index >= 15 is 0 Å². The smallest absolute Gasteiger partial charge is 0.416 e. The lowest BCUT2D eigenvalue weighted by atomic mass is 10.1. The van der Waals surface area contributed by atoms with Gasteiger partial charge in [-0.2, -0.15) is 13.2 Å². The molecule has 0 atom stereocenters. The van der Waals surface area contributed by atoms with Gasteiger partial charge in [-0.15, -0.1) is 0 Å². The summed E-state index contributed by atoms with van der Waals surface area (Å²) in [5.74, 6) is -0.877. The number of carbonyl (C=O) groups excluding carboxylic acids is 2. The van der Waals surface area contributed by atoms with Crippen molar-refractivity contribution in [2.75, 3.05) is 7.11 Å². The number of ketones is 1. The highest BCUT2D eigenvalue weighted by molar-refractivity contribution is 6.11. The molecule has 0 saturated carbocycles. The predicted octanol–water partition coefficient (Wildman–Crippen LogP) is 4.70. The molecule has 7 heteroatoms. The van der Waals surface area contributed by atoms with Crippen molar-refractivity contribution < 1.29 is 27.5 Å². The third-order valence-corrected chi connectivity index (χ3v) is 4.35. The van der Waals surface area contributed by atoms with Crippen molar-refractivity contribution in [3.05, 3.63) is 70.9 Å². The summed E-state index contributed by atoms with van der Waals surface area (Å²) in [6.07, 6.45) is -4.45. The largest absolute Gasteiger partial charge is 0.465 e. The van der Waals surface area contributed by atoms with E-state index < -0.39 is 17.7 Å². The number of methoxy groups -OCH3 is 1. The Labute approximate surface area is 153 Å². The number of ether oxygens (including phenoxy) is 1. The number of benzene rings is 2. The highest BCUT2D eigenvalue weighted by Crippen LogP contribution is 2.30. The minimum atomic E-state index is -4.45. The van der Waals surface area contributed by atoms with Crippen molar-refractivity contribution in [1.82, 2.24) is 4.57 Å². The molecule has 0 amide bonds. The first-order valence-corrected chi connectivity index (χ1v) is 8.19. The van der Waals surface area contributed by atoms with Gasteiger partial charge in [0, 0.05) is 23.0 Å². The fourth-order valence-electron chi connectivity index (χ4n) is 3.00. The number of carbonyl (C=O) groups is 2. The first-order chi connectivity index (χ1) is 12.8. The molecule has 0 aliphatic rings. The molecule has 140 valence electrons. The quantitative estimate of drug-likeness (QED) is 0.491. The molecule has 0 spiro atoms. The van der Waals surface area contributed by atoms with Gasteiger partial charge in [0.25, 0.3) is 0 Å². The minimum absolute atomic E-state index is 0.161. The van der Waals surface area contributed by atoms with Crippen LogP contribution in [0.3, 0.4) is 0 Å². The zero-order chi connectivity index (χ0) is 19.8. The molecule has 0 aliphatic carbocycles. The molecule has 0 aliphatic heterocycles. The Balaban J connectivity index is 2.04. The molecule has 3 rings (SSSR count). The van der Waals surface area contributed by atoms with Crippen LogP contribution < -0.4 is 0 Å². The van der Waals surface area contributed by atoms with Crippen LogP contribution in [-0.2, 0) is 17.5 Å². The third-order valence-electron chi connectivity index (χ3n) is 4.35. The fraction of sp³-hybridized carbons (Fsp3) is 0.200. The summed E-state index contributed by atoms with van der Waals surface area (Å²) in [5, 5.41) is 0.676. The maximum absolute atomic E-state index is 12.8. The van der Waals surface area contributed by atoms with Gasteiger partial charge in [0.2, 0.25) is 5.78 Å². The van der Waals surface area contributed by atoms with Crippen LogP contribution in [0, 0.1) is 0 Å². The van der Waals surface area contributed by atoms with Crippen LogP contribution in [0.25, 0.3) is 10.9 Å². The molecule has 27 heavy (non-hydrogen) atoms. The maximum Gasteiger partial charge on any atom is 0.416 e. The maximum atomic E-state index is 12.8. The zero-order valence-electron chi connectivity index (χ0n) is 14.6. The van der Waals surface area contributed by atoms with Gasteiger partial charge in [0.1, 0.15) is 0 Å². The predicted molar refractivity (Wildman–Crippen MR) is 93.8 cm³/mol. The van der Waals surface area contributed by atoms with Crippen LogP contribution in [-0.4, -0.2) is 23.4 Å². The Hall–Kier alpha value is -3.09. The first-order valence-electron chi connectivity index (χ1n) is 8.19. The van der Waals surface area contributed by atoms with Crippen LogP contribution in [0.4, 0.5) is 13.2 Å². The Morgan fingerprint density at radius 1 is 1.00 bits per heavy atom. The van der Waals surface area contributed by atoms with E-state index in [1.165, 1.54) is 19.2 Å². The van der Waals surface area contributed by atoms with Gasteiger partial charge in [0.05, 0.1) is 23.9 Å². The van der Waals surface area contributed by atoms with E-state index in [-0.39, 0.29) is 11.3 Å². The second-order valence-corrected chi connectivity index (χ2v) is 5.94. The summed E-state index contributed by atoms with van der Waals surface area (Å²) in [7, 11) is 1.28. The lowest BCUT2D eigenvalue weighted by Gasteiger charge is -2.09. The summed E-state index contributed by atoms with van der Waals surface area (Å²) in [4.78, 5) is 24.5. The number of esters is 1. The Bertz CT molecular complexity index is 1020. The minimum Gasteiger partial charge on any atom is -0.465 e. The second-order valence-electron chi connectivity index (χ2n) is 5.94. The van der Waals surface area contributed by atoms with Crippen molar-refractivity contribution in [2.24, 2.45) is 0 Å². The van der Waals surface area contributed by atoms with Crippen LogP contribution in [0.15, 0.2) is 48.5 Å². The molecule has 0 fully saturated rings. The van der Waals surface area contributed by atoms with Gasteiger partial charge < -0.3 is 9.30 Å². The van der Waals surface area contributed by atoms with E-state index in [1.54, 1.807) is 28.8 Å². The molecule has 4 nitrogen and oxygen atoms in total. The molecule has 2 aromatic carbocycles. The van der Waals surface area contributed by atoms with Crippen molar-refractivity contribution in [3.63, 3.8) is 0 Å². The third kappa shape index (κ3) is 3.45. The monoisotopic (exact) mass is 375 g/mol. The fourth-order valence-corrected chi connectivity index (χ4v) is 3.00. The van der Waals surface area contributed by atoms with Crippen molar-refractivity contribution in [3.8, 4) is 0 Å². The number of aryl methyl sites for hydroxylation is 1. The van der Waals surface area contributed by atoms with Gasteiger partial charge in [-0.25, -0.2) is 4.79 Å². The van der Waals surface area contributed by atoms with E-state index in [4.69, 9.17) is 4.74 Å². The van der Waals surface area contributed by atoms with E-state index in [1.807, 2.05) is 6.92 Å². The normalized spacial score (nSPS) is 11.6. The number of aromatic nitrogens is 1. The molecular formula is C20H16F3NO3. The summed E-state index contributed by atoms with van der Waals surface area (Å²) >= 11 is 0. The number of hydrogen-bond acceptors (Lipinski definition) is 3. The second kappa shape index (κ2) is 6.90. The average Bonchev–Trinajstić information content (AvgIpc) is 3.03. The number of rotatable bonds is 4. The van der Waals surface area contributed by atoms with Crippen molar-refractivity contribution in [1.29, 1.82) is 0 Å². The average molecular weight is 375 g/mol. The lowest BCUT2D eigenvalue weighted by Crippen LogP contribution is -2.10. The van der Waals surface area contributed by atoms with Crippen LogP contribution >= 0.6 is 0 Å². The van der Waals surface area contributed by atoms with E-state index in [0.717, 1.165) is 17.6 Å². The molecule has 0 radical (unpaired) electrons. The van der Waals surface area contributed by atoms with E-state index in [0.29, 0.717) is 23.2 Å². The van der Waals surface area contributed by atoms with Gasteiger partial charge >= 0.3 is 12.1 Å². The number of fused-ring (bicyclic) bond motifs is 1. The van der Waals surface area contributed by atoms with E-state index in [9.17, 15) is 22.8 Å². The molecule has 1 aromatic heterocycles. The topological polar surface area (TPSA) is 48.3 Å². The van der Waals surface area contributed by atoms with Crippen LogP contribution in [0.1, 0.15) is 38.9 Å². The van der Waals surface area contributed by atoms with Crippen molar-refractivity contribution >= 4 is 22.7 Å². The van der Waals surface area contributed by atoms with Crippen molar-refractivity contribution in [2.45, 2.75) is 19.6 Å². The summed E-state index contributed by atoms with van der Waals surface area (Å²) < 4.78 is 44.6. The highest BCUT2D eigenvalue weighted by Gasteiger charge is 2.30. The van der Waals surface area contributed by atoms with Gasteiger partial charge in [-0.3, -0.25) is 4.79 Å². The van der Waals surface area contributed by atoms with Crippen LogP contribution in [0.5, 0.6) is 0 Å². The van der Waals surface area contributed by atoms with Crippen LogP contribution in [0.2, 0.25) is 0 Å². The number of halogens is 3. The molecule has 0 unspecified atom stereocenters. The number of hydrogen-bond donors (Lipinski definition) is 0. The summed E-state index contributed by atoms with van der Waals surface area (Å²) in [6, 6.07) is 10.7. The zero-order valence-corrected chi connectivity index (χ0v) is 14.6. The standard InChI is InChI=1S/C20H16F3NO3/c1-3-24-16-9-6-13(19(26)27-2)10-14(16)11-17(24)18(25)12-4-7-15(8-5-12)20(21,22)23/h4-11H,3H2,1-2H3. The SMILES string of the molecule is CCn1c(C(=O)c2ccc(C(F)(F)F)cc2)cc2cc(C(=O)OC)ccc21. The number of nitrogens with zero attached hydrogens (tertiary/aromatic N) is 1. The Morgan fingerprint density at radius 3 is 2.19 bits per heavy atom. The van der Waals surface area contributed by atoms with E-state index in [2.05, 4.69) is 0 Å². The highest BCUT2D eigenvalue weighted by atomic mass is 19.4. The first kappa shape index (κ1) is 18.7. The van der Waals surface area contributed by atoms with Gasteiger partial charge in [0.15, 0.2) is 0 Å². The molecule has 3 aromatic rings. The molecule has 0 bridgehead atoms. The molecule has 1 heterocycles. The van der Waals surface area contributed by atoms with Gasteiger partial charge in [-0.05, 0) is 43.3 Å². The summed E-state index contributed by atoms with van der Waals surface area (Å²) in [6.45, 7) is 2.35. The van der Waals surface area contributed by atoms with Gasteiger partial charge in [-0.1, -0.05) is 12.1 Å². The molecule has 0 saturated heterocycles. The number of alkyl halides is 3. The Morgan fingerprint density at radius 2 is 1.63 bits per heavy atom. The lowest BCUT2D eigenvalue weighted by molar-refractivity contribution is -0.137. The molecular weight excluding hydrogens is 359 g/mol. The summed E-state index contributed by atoms with van der Waals surface area (Å²) in [5.41, 5.74) is 0.799. The molecule has 0 N–H and O–H groups in total.